The first kappa shape index (κ1) is 19.9. The summed E-state index contributed by atoms with van der Waals surface area (Å²) in [5, 5.41) is 19.7. The number of H-pyrrole nitrogens is 1. The molecule has 0 unspecified atom stereocenters. The summed E-state index contributed by atoms with van der Waals surface area (Å²) in [5.41, 5.74) is 3.77. The molecule has 1 saturated heterocycles. The van der Waals surface area contributed by atoms with E-state index < -0.39 is 5.97 Å². The van der Waals surface area contributed by atoms with E-state index in [0.717, 1.165) is 42.0 Å². The molecule has 4 rings (SSSR count). The van der Waals surface area contributed by atoms with Crippen LogP contribution in [-0.2, 0) is 5.75 Å². The average Bonchev–Trinajstić information content (AvgIpc) is 3.14. The molecular weight excluding hydrogens is 384 g/mol. The number of aromatic nitrogens is 1. The van der Waals surface area contributed by atoms with E-state index in [-0.39, 0.29) is 0 Å². The van der Waals surface area contributed by atoms with E-state index in [1.165, 1.54) is 24.0 Å². The van der Waals surface area contributed by atoms with Gasteiger partial charge in [0.25, 0.3) is 0 Å². The van der Waals surface area contributed by atoms with E-state index in [1.807, 2.05) is 36.2 Å². The van der Waals surface area contributed by atoms with E-state index in [4.69, 9.17) is 5.11 Å². The number of phenolic OH excluding ortho intramolecular Hbond substituents is 1. The lowest BCUT2D eigenvalue weighted by Gasteiger charge is -2.32. The van der Waals surface area contributed by atoms with E-state index in [1.54, 1.807) is 24.3 Å². The second-order valence-electron chi connectivity index (χ2n) is 7.64. The predicted octanol–water partition coefficient (Wildman–Crippen LogP) is 4.68. The highest BCUT2D eigenvalue weighted by molar-refractivity contribution is 7.98. The molecule has 0 radical (unpaired) electrons. The van der Waals surface area contributed by atoms with Gasteiger partial charge in [-0.15, -0.1) is 0 Å². The summed E-state index contributed by atoms with van der Waals surface area (Å²) in [6, 6.07) is 12.9. The van der Waals surface area contributed by atoms with Crippen molar-refractivity contribution < 1.29 is 15.0 Å². The van der Waals surface area contributed by atoms with E-state index in [9.17, 15) is 9.90 Å². The fraction of sp³-hybridized carbons (Fsp3) is 0.348. The maximum absolute atomic E-state index is 11.1. The van der Waals surface area contributed by atoms with Crippen molar-refractivity contribution in [2.45, 2.75) is 24.5 Å². The van der Waals surface area contributed by atoms with Gasteiger partial charge in [0, 0.05) is 35.2 Å². The number of likely N-dealkylation sites (tertiary alicyclic amines) is 1. The maximum Gasteiger partial charge on any atom is 0.335 e. The number of piperidine rings is 1. The lowest BCUT2D eigenvalue weighted by atomic mass is 9.89. The summed E-state index contributed by atoms with van der Waals surface area (Å²) in [4.78, 5) is 16.8. The van der Waals surface area contributed by atoms with Gasteiger partial charge in [-0.2, -0.15) is 11.8 Å². The summed E-state index contributed by atoms with van der Waals surface area (Å²) >= 11 is 1.92. The zero-order valence-corrected chi connectivity index (χ0v) is 17.1. The topological polar surface area (TPSA) is 76.6 Å². The highest BCUT2D eigenvalue weighted by atomic mass is 32.2. The van der Waals surface area contributed by atoms with E-state index in [2.05, 4.69) is 9.88 Å². The Morgan fingerprint density at radius 1 is 1.14 bits per heavy atom. The fourth-order valence-corrected chi connectivity index (χ4v) is 5.04. The largest absolute Gasteiger partial charge is 0.508 e. The van der Waals surface area contributed by atoms with Crippen molar-refractivity contribution in [3.05, 3.63) is 65.4 Å². The van der Waals surface area contributed by atoms with Gasteiger partial charge in [0.15, 0.2) is 0 Å². The van der Waals surface area contributed by atoms with Crippen LogP contribution in [0.3, 0.4) is 0 Å². The standard InChI is InChI=1S/C23H26N2O3S/c26-20-4-1-16(2-5-20)17-7-9-25(10-8-17)11-12-29-15-19-14-24-22-13-18(23(27)28)3-6-21(19)22/h1-6,13-14,17,24,26H,7-12,15H2,(H,27,28). The number of benzene rings is 2. The third kappa shape index (κ3) is 4.77. The summed E-state index contributed by atoms with van der Waals surface area (Å²) in [7, 11) is 0. The summed E-state index contributed by atoms with van der Waals surface area (Å²) in [5.74, 6) is 2.05. The van der Waals surface area contributed by atoms with Crippen molar-refractivity contribution in [1.29, 1.82) is 0 Å². The number of aromatic amines is 1. The van der Waals surface area contributed by atoms with Gasteiger partial charge in [-0.1, -0.05) is 18.2 Å². The van der Waals surface area contributed by atoms with Crippen molar-refractivity contribution in [1.82, 2.24) is 9.88 Å². The first-order chi connectivity index (χ1) is 14.1. The quantitative estimate of drug-likeness (QED) is 0.493. The zero-order valence-electron chi connectivity index (χ0n) is 16.3. The molecule has 1 aromatic heterocycles. The maximum atomic E-state index is 11.1. The molecule has 1 fully saturated rings. The van der Waals surface area contributed by atoms with Crippen LogP contribution >= 0.6 is 11.8 Å². The monoisotopic (exact) mass is 410 g/mol. The number of hydrogen-bond donors (Lipinski definition) is 3. The van der Waals surface area contributed by atoms with Crippen LogP contribution in [0.5, 0.6) is 5.75 Å². The summed E-state index contributed by atoms with van der Waals surface area (Å²) in [6.45, 7) is 3.34. The van der Waals surface area contributed by atoms with Crippen molar-refractivity contribution in [3.63, 3.8) is 0 Å². The summed E-state index contributed by atoms with van der Waals surface area (Å²) < 4.78 is 0. The predicted molar refractivity (Wildman–Crippen MR) is 118 cm³/mol. The van der Waals surface area contributed by atoms with Gasteiger partial charge >= 0.3 is 5.97 Å². The number of carboxylic acids is 1. The van der Waals surface area contributed by atoms with Crippen LogP contribution in [0.15, 0.2) is 48.7 Å². The molecule has 6 heteroatoms. The lowest BCUT2D eigenvalue weighted by molar-refractivity contribution is 0.0697. The van der Waals surface area contributed by atoms with Gasteiger partial charge in [-0.3, -0.25) is 0 Å². The Morgan fingerprint density at radius 3 is 2.62 bits per heavy atom. The molecule has 3 N–H and O–H groups in total. The first-order valence-corrected chi connectivity index (χ1v) is 11.2. The number of thioether (sulfide) groups is 1. The van der Waals surface area contributed by atoms with Gasteiger partial charge in [-0.25, -0.2) is 4.79 Å². The minimum atomic E-state index is -0.897. The number of carbonyl (C=O) groups is 1. The van der Waals surface area contributed by atoms with Crippen molar-refractivity contribution in [2.24, 2.45) is 0 Å². The van der Waals surface area contributed by atoms with Crippen LogP contribution in [-0.4, -0.2) is 51.5 Å². The zero-order chi connectivity index (χ0) is 20.2. The number of aromatic hydroxyl groups is 1. The van der Waals surface area contributed by atoms with Crippen molar-refractivity contribution in [2.75, 3.05) is 25.4 Å². The number of nitrogens with one attached hydrogen (secondary N) is 1. The third-order valence-electron chi connectivity index (χ3n) is 5.78. The fourth-order valence-electron chi connectivity index (χ4n) is 4.05. The Labute approximate surface area is 174 Å². The SMILES string of the molecule is O=C(O)c1ccc2c(CSCCN3CCC(c4ccc(O)cc4)CC3)c[nH]c2c1. The Bertz CT molecular complexity index is 975. The van der Waals surface area contributed by atoms with Crippen LogP contribution < -0.4 is 0 Å². The minimum absolute atomic E-state index is 0.314. The highest BCUT2D eigenvalue weighted by Crippen LogP contribution is 2.29. The molecule has 0 aliphatic carbocycles. The normalized spacial score (nSPS) is 15.7. The van der Waals surface area contributed by atoms with Gasteiger partial charge < -0.3 is 20.1 Å². The van der Waals surface area contributed by atoms with Crippen molar-refractivity contribution >= 4 is 28.6 Å². The molecule has 2 aromatic carbocycles. The number of hydrogen-bond acceptors (Lipinski definition) is 4. The molecule has 152 valence electrons. The van der Waals surface area contributed by atoms with Crippen molar-refractivity contribution in [3.8, 4) is 5.75 Å². The van der Waals surface area contributed by atoms with Crippen LogP contribution in [0.4, 0.5) is 0 Å². The number of fused-ring (bicyclic) bond motifs is 1. The molecule has 1 aliphatic rings. The van der Waals surface area contributed by atoms with Gasteiger partial charge in [-0.05, 0) is 67.2 Å². The summed E-state index contributed by atoms with van der Waals surface area (Å²) in [6.07, 6.45) is 4.33. The molecule has 0 atom stereocenters. The molecule has 29 heavy (non-hydrogen) atoms. The van der Waals surface area contributed by atoms with Crippen LogP contribution in [0, 0.1) is 0 Å². The second-order valence-corrected chi connectivity index (χ2v) is 8.74. The molecule has 0 spiro atoms. The smallest absolute Gasteiger partial charge is 0.335 e. The van der Waals surface area contributed by atoms with E-state index >= 15 is 0 Å². The molecule has 1 aliphatic heterocycles. The molecule has 0 bridgehead atoms. The Hall–Kier alpha value is -2.44. The Morgan fingerprint density at radius 2 is 1.90 bits per heavy atom. The highest BCUT2D eigenvalue weighted by Gasteiger charge is 2.20. The first-order valence-electron chi connectivity index (χ1n) is 10.0. The molecule has 3 aromatic rings. The molecule has 0 saturated carbocycles. The Kier molecular flexibility index (Phi) is 6.11. The molecular formula is C23H26N2O3S. The lowest BCUT2D eigenvalue weighted by Crippen LogP contribution is -2.34. The van der Waals surface area contributed by atoms with E-state index in [0.29, 0.717) is 17.2 Å². The number of carboxylic acid groups (broad SMARTS) is 1. The second kappa shape index (κ2) is 8.93. The van der Waals surface area contributed by atoms with Crippen LogP contribution in [0.1, 0.15) is 40.2 Å². The minimum Gasteiger partial charge on any atom is -0.508 e. The third-order valence-corrected chi connectivity index (χ3v) is 6.76. The molecule has 0 amide bonds. The Balaban J connectivity index is 1.22. The average molecular weight is 411 g/mol. The van der Waals surface area contributed by atoms with Crippen LogP contribution in [0.25, 0.3) is 10.9 Å². The molecule has 5 nitrogen and oxygen atoms in total. The van der Waals surface area contributed by atoms with Gasteiger partial charge in [0.1, 0.15) is 5.75 Å². The molecule has 2 heterocycles. The number of nitrogens with zero attached hydrogens (tertiary/aromatic N) is 1. The van der Waals surface area contributed by atoms with Gasteiger partial charge in [0.05, 0.1) is 5.56 Å². The number of aromatic carboxylic acids is 1. The number of phenols is 1. The van der Waals surface area contributed by atoms with Crippen LogP contribution in [0.2, 0.25) is 0 Å². The van der Waals surface area contributed by atoms with Gasteiger partial charge in [0.2, 0.25) is 0 Å². The number of rotatable bonds is 7.